The molecule has 25 heavy (non-hydrogen) atoms. The topological polar surface area (TPSA) is 48.1 Å². The van der Waals surface area contributed by atoms with Crippen LogP contribution in [0.25, 0.3) is 0 Å². The molecule has 6 heteroatoms. The summed E-state index contributed by atoms with van der Waals surface area (Å²) < 4.78 is 5.54. The maximum Gasteiger partial charge on any atom is 0.318 e. The van der Waals surface area contributed by atoms with Crippen molar-refractivity contribution < 1.29 is 9.53 Å². The Labute approximate surface area is 150 Å². The van der Waals surface area contributed by atoms with Gasteiger partial charge in [-0.3, -0.25) is 4.90 Å². The largest absolute Gasteiger partial charge is 0.375 e. The monoisotopic (exact) mass is 346 g/mol. The van der Waals surface area contributed by atoms with Crippen molar-refractivity contribution in [2.75, 3.05) is 59.5 Å². The summed E-state index contributed by atoms with van der Waals surface area (Å²) >= 11 is 0. The number of piperazine rings is 1. The van der Waals surface area contributed by atoms with Crippen LogP contribution >= 0.6 is 0 Å². The fourth-order valence-electron chi connectivity index (χ4n) is 3.45. The van der Waals surface area contributed by atoms with E-state index in [4.69, 9.17) is 4.74 Å². The van der Waals surface area contributed by atoms with Crippen molar-refractivity contribution in [1.82, 2.24) is 20.0 Å². The first kappa shape index (κ1) is 18.2. The number of carbonyl (C=O) groups is 1. The number of hydrogen-bond donors (Lipinski definition) is 1. The molecule has 138 valence electrons. The molecule has 2 aliphatic rings. The molecule has 0 radical (unpaired) electrons. The number of carbonyl (C=O) groups excluding carboxylic acids is 1. The second-order valence-corrected chi connectivity index (χ2v) is 7.14. The summed E-state index contributed by atoms with van der Waals surface area (Å²) in [4.78, 5) is 19.4. The molecule has 2 aliphatic heterocycles. The summed E-state index contributed by atoms with van der Waals surface area (Å²) in [6, 6.07) is 10.3. The zero-order valence-electron chi connectivity index (χ0n) is 15.4. The average molecular weight is 346 g/mol. The Morgan fingerprint density at radius 3 is 2.60 bits per heavy atom. The van der Waals surface area contributed by atoms with Gasteiger partial charge in [0, 0.05) is 45.8 Å². The molecule has 2 heterocycles. The molecule has 1 aromatic carbocycles. The van der Waals surface area contributed by atoms with Crippen molar-refractivity contribution in [3.8, 4) is 0 Å². The molecule has 0 bridgehead atoms. The molecule has 2 amide bonds. The quantitative estimate of drug-likeness (QED) is 0.895. The van der Waals surface area contributed by atoms with Gasteiger partial charge in [-0.1, -0.05) is 30.3 Å². The van der Waals surface area contributed by atoms with Gasteiger partial charge in [0.15, 0.2) is 0 Å². The van der Waals surface area contributed by atoms with Gasteiger partial charge < -0.3 is 19.9 Å². The highest BCUT2D eigenvalue weighted by molar-refractivity contribution is 5.75. The Bertz CT molecular complexity index is 546. The fourth-order valence-corrected chi connectivity index (χ4v) is 3.45. The van der Waals surface area contributed by atoms with Crippen molar-refractivity contribution in [2.45, 2.75) is 19.1 Å². The van der Waals surface area contributed by atoms with Crippen LogP contribution in [0.5, 0.6) is 0 Å². The second kappa shape index (κ2) is 8.65. The number of hydrogen-bond acceptors (Lipinski definition) is 4. The van der Waals surface area contributed by atoms with Crippen molar-refractivity contribution >= 4 is 6.03 Å². The Morgan fingerprint density at radius 1 is 1.20 bits per heavy atom. The van der Waals surface area contributed by atoms with Gasteiger partial charge in [0.2, 0.25) is 0 Å². The molecule has 0 saturated carbocycles. The van der Waals surface area contributed by atoms with Gasteiger partial charge in [0.05, 0.1) is 18.8 Å². The number of benzene rings is 1. The first-order valence-corrected chi connectivity index (χ1v) is 9.24. The predicted molar refractivity (Wildman–Crippen MR) is 98.6 cm³/mol. The molecular formula is C19H30N4O2. The summed E-state index contributed by atoms with van der Waals surface area (Å²) in [6.45, 7) is 9.04. The number of ether oxygens (including phenoxy) is 1. The third-order valence-corrected chi connectivity index (χ3v) is 5.06. The van der Waals surface area contributed by atoms with Crippen LogP contribution in [0.4, 0.5) is 4.79 Å². The minimum absolute atomic E-state index is 0.00950. The smallest absolute Gasteiger partial charge is 0.318 e. The number of morpholine rings is 1. The van der Waals surface area contributed by atoms with Crippen LogP contribution < -0.4 is 5.32 Å². The summed E-state index contributed by atoms with van der Waals surface area (Å²) in [5.74, 6) is 0. The van der Waals surface area contributed by atoms with E-state index < -0.39 is 0 Å². The van der Waals surface area contributed by atoms with Gasteiger partial charge >= 0.3 is 6.03 Å². The minimum atomic E-state index is 0.00950. The molecular weight excluding hydrogens is 316 g/mol. The molecule has 2 saturated heterocycles. The van der Waals surface area contributed by atoms with E-state index in [2.05, 4.69) is 34.3 Å². The highest BCUT2D eigenvalue weighted by atomic mass is 16.5. The van der Waals surface area contributed by atoms with Gasteiger partial charge in [-0.25, -0.2) is 4.79 Å². The highest BCUT2D eigenvalue weighted by Crippen LogP contribution is 2.16. The summed E-state index contributed by atoms with van der Waals surface area (Å²) in [6.07, 6.45) is 0.104. The Hall–Kier alpha value is -1.63. The van der Waals surface area contributed by atoms with Crippen LogP contribution in [0.1, 0.15) is 18.5 Å². The molecule has 2 atom stereocenters. The highest BCUT2D eigenvalue weighted by Gasteiger charge is 2.26. The van der Waals surface area contributed by atoms with Crippen molar-refractivity contribution in [3.63, 3.8) is 0 Å². The van der Waals surface area contributed by atoms with Gasteiger partial charge in [-0.2, -0.15) is 0 Å². The molecule has 6 nitrogen and oxygen atoms in total. The fraction of sp³-hybridized carbons (Fsp3) is 0.632. The molecule has 0 aliphatic carbocycles. The van der Waals surface area contributed by atoms with Crippen LogP contribution in [0.3, 0.4) is 0 Å². The second-order valence-electron chi connectivity index (χ2n) is 7.14. The molecule has 2 fully saturated rings. The van der Waals surface area contributed by atoms with E-state index in [1.54, 1.807) is 0 Å². The standard InChI is InChI=1S/C19H30N4O2/c1-16-14-23(12-13-25-16)19(24)20-18(17-6-4-3-5-7-17)15-22-10-8-21(2)9-11-22/h3-7,16,18H,8-15H2,1-2H3,(H,20,24)/t16-,18-/m1/s1. The maximum absolute atomic E-state index is 12.8. The lowest BCUT2D eigenvalue weighted by Gasteiger charge is -2.36. The zero-order chi connectivity index (χ0) is 17.6. The number of likely N-dealkylation sites (N-methyl/N-ethyl adjacent to an activating group) is 1. The van der Waals surface area contributed by atoms with Gasteiger partial charge in [-0.15, -0.1) is 0 Å². The molecule has 1 N–H and O–H groups in total. The molecule has 1 aromatic rings. The van der Waals surface area contributed by atoms with E-state index in [9.17, 15) is 4.79 Å². The number of amides is 2. The van der Waals surface area contributed by atoms with Crippen LogP contribution in [-0.4, -0.2) is 86.3 Å². The normalized spacial score (nSPS) is 24.1. The summed E-state index contributed by atoms with van der Waals surface area (Å²) in [5.41, 5.74) is 1.16. The van der Waals surface area contributed by atoms with Crippen molar-refractivity contribution in [2.24, 2.45) is 0 Å². The molecule has 0 unspecified atom stereocenters. The van der Waals surface area contributed by atoms with Crippen molar-refractivity contribution in [1.29, 1.82) is 0 Å². The van der Waals surface area contributed by atoms with E-state index in [1.165, 1.54) is 0 Å². The minimum Gasteiger partial charge on any atom is -0.375 e. The van der Waals surface area contributed by atoms with E-state index >= 15 is 0 Å². The number of rotatable bonds is 4. The molecule has 3 rings (SSSR count). The van der Waals surface area contributed by atoms with Gasteiger partial charge in [0.1, 0.15) is 0 Å². The summed E-state index contributed by atoms with van der Waals surface area (Å²) in [7, 11) is 2.16. The van der Waals surface area contributed by atoms with E-state index in [-0.39, 0.29) is 18.2 Å². The first-order valence-electron chi connectivity index (χ1n) is 9.24. The Balaban J connectivity index is 1.65. The van der Waals surface area contributed by atoms with E-state index in [1.807, 2.05) is 30.0 Å². The first-order chi connectivity index (χ1) is 12.1. The number of urea groups is 1. The summed E-state index contributed by atoms with van der Waals surface area (Å²) in [5, 5.41) is 3.26. The van der Waals surface area contributed by atoms with E-state index in [0.29, 0.717) is 19.7 Å². The molecule has 0 aromatic heterocycles. The van der Waals surface area contributed by atoms with E-state index in [0.717, 1.165) is 38.3 Å². The van der Waals surface area contributed by atoms with Crippen molar-refractivity contribution in [3.05, 3.63) is 35.9 Å². The lowest BCUT2D eigenvalue weighted by atomic mass is 10.1. The average Bonchev–Trinajstić information content (AvgIpc) is 2.63. The zero-order valence-corrected chi connectivity index (χ0v) is 15.4. The lowest BCUT2D eigenvalue weighted by molar-refractivity contribution is -0.00411. The number of nitrogens with zero attached hydrogens (tertiary/aromatic N) is 3. The van der Waals surface area contributed by atoms with Crippen LogP contribution in [0.15, 0.2) is 30.3 Å². The molecule has 0 spiro atoms. The van der Waals surface area contributed by atoms with Gasteiger partial charge in [-0.05, 0) is 19.5 Å². The predicted octanol–water partition coefficient (Wildman–Crippen LogP) is 1.41. The maximum atomic E-state index is 12.8. The Kier molecular flexibility index (Phi) is 6.29. The lowest BCUT2D eigenvalue weighted by Crippen LogP contribution is -2.52. The van der Waals surface area contributed by atoms with Crippen LogP contribution in [0, 0.1) is 0 Å². The van der Waals surface area contributed by atoms with Crippen LogP contribution in [-0.2, 0) is 4.74 Å². The van der Waals surface area contributed by atoms with Gasteiger partial charge in [0.25, 0.3) is 0 Å². The number of nitrogens with one attached hydrogen (secondary N) is 1. The third-order valence-electron chi connectivity index (χ3n) is 5.06. The third kappa shape index (κ3) is 5.17. The SMILES string of the molecule is C[C@@H]1CN(C(=O)N[C@H](CN2CCN(C)CC2)c2ccccc2)CCO1. The van der Waals surface area contributed by atoms with Crippen LogP contribution in [0.2, 0.25) is 0 Å². The Morgan fingerprint density at radius 2 is 1.92 bits per heavy atom.